The monoisotopic (exact) mass is 194 g/mol. The topological polar surface area (TPSA) is 17.1 Å². The fourth-order valence-corrected chi connectivity index (χ4v) is 2.23. The van der Waals surface area contributed by atoms with E-state index in [2.05, 4.69) is 6.58 Å². The van der Waals surface area contributed by atoms with Gasteiger partial charge in [-0.3, -0.25) is 4.79 Å². The predicted molar refractivity (Wildman–Crippen MR) is 60.2 cm³/mol. The molecule has 0 heterocycles. The Bertz CT molecular complexity index is 176. The molecular weight excluding hydrogens is 172 g/mol. The van der Waals surface area contributed by atoms with E-state index in [9.17, 15) is 4.79 Å². The van der Waals surface area contributed by atoms with Gasteiger partial charge in [0.25, 0.3) is 0 Å². The van der Waals surface area contributed by atoms with Crippen molar-refractivity contribution in [3.8, 4) is 0 Å². The van der Waals surface area contributed by atoms with Gasteiger partial charge in [0.1, 0.15) is 5.78 Å². The molecule has 1 fully saturated rings. The van der Waals surface area contributed by atoms with Crippen LogP contribution in [0.2, 0.25) is 0 Å². The van der Waals surface area contributed by atoms with Gasteiger partial charge in [-0.15, -0.1) is 6.58 Å². The fourth-order valence-electron chi connectivity index (χ4n) is 2.23. The van der Waals surface area contributed by atoms with Crippen molar-refractivity contribution in [3.63, 3.8) is 0 Å². The second kappa shape index (κ2) is 6.80. The summed E-state index contributed by atoms with van der Waals surface area (Å²) in [6.07, 6.45) is 12.2. The lowest BCUT2D eigenvalue weighted by Gasteiger charge is -2.17. The second-order valence-corrected chi connectivity index (χ2v) is 4.34. The molecule has 0 aromatic heterocycles. The van der Waals surface area contributed by atoms with E-state index in [0.717, 1.165) is 19.3 Å². The van der Waals surface area contributed by atoms with Crippen molar-refractivity contribution in [2.45, 2.75) is 57.8 Å². The van der Waals surface area contributed by atoms with Crippen LogP contribution in [0.3, 0.4) is 0 Å². The molecule has 0 aliphatic heterocycles. The molecule has 0 saturated heterocycles. The summed E-state index contributed by atoms with van der Waals surface area (Å²) >= 11 is 0. The average Bonchev–Trinajstić information content (AvgIpc) is 2.13. The zero-order valence-corrected chi connectivity index (χ0v) is 9.13. The molecule has 0 aromatic carbocycles. The Morgan fingerprint density at radius 1 is 1.14 bits per heavy atom. The molecule has 80 valence electrons. The maximum Gasteiger partial charge on any atom is 0.136 e. The van der Waals surface area contributed by atoms with Crippen LogP contribution in [0, 0.1) is 5.92 Å². The van der Waals surface area contributed by atoms with E-state index in [4.69, 9.17) is 0 Å². The first kappa shape index (κ1) is 11.5. The number of hydrogen-bond donors (Lipinski definition) is 0. The minimum absolute atomic E-state index is 0.371. The van der Waals surface area contributed by atoms with E-state index in [-0.39, 0.29) is 0 Å². The van der Waals surface area contributed by atoms with E-state index in [1.807, 2.05) is 6.08 Å². The largest absolute Gasteiger partial charge is 0.299 e. The molecule has 0 amide bonds. The summed E-state index contributed by atoms with van der Waals surface area (Å²) in [5.74, 6) is 0.849. The number of carbonyl (C=O) groups is 1. The Morgan fingerprint density at radius 3 is 2.29 bits per heavy atom. The van der Waals surface area contributed by atoms with Crippen LogP contribution in [0.25, 0.3) is 0 Å². The Labute approximate surface area is 87.6 Å². The highest BCUT2D eigenvalue weighted by Crippen LogP contribution is 2.24. The van der Waals surface area contributed by atoms with Crippen molar-refractivity contribution in [1.29, 1.82) is 0 Å². The normalized spacial score (nSPS) is 19.7. The lowest BCUT2D eigenvalue weighted by Crippen LogP contribution is -2.15. The van der Waals surface area contributed by atoms with Crippen LogP contribution in [0.5, 0.6) is 0 Å². The number of carbonyl (C=O) groups excluding carboxylic acids is 1. The van der Waals surface area contributed by atoms with Crippen molar-refractivity contribution >= 4 is 5.78 Å². The highest BCUT2D eigenvalue weighted by Gasteiger charge is 2.17. The Hall–Kier alpha value is -0.590. The van der Waals surface area contributed by atoms with Crippen molar-refractivity contribution < 1.29 is 4.79 Å². The lowest BCUT2D eigenvalue weighted by molar-refractivity contribution is -0.123. The molecule has 0 spiro atoms. The Kier molecular flexibility index (Phi) is 5.58. The molecule has 1 saturated carbocycles. The van der Waals surface area contributed by atoms with E-state index in [0.29, 0.717) is 18.1 Å². The van der Waals surface area contributed by atoms with Gasteiger partial charge < -0.3 is 0 Å². The second-order valence-electron chi connectivity index (χ2n) is 4.34. The molecule has 0 N–H and O–H groups in total. The fraction of sp³-hybridized carbons (Fsp3) is 0.769. The summed E-state index contributed by atoms with van der Waals surface area (Å²) in [5, 5.41) is 0. The van der Waals surface area contributed by atoms with Crippen molar-refractivity contribution in [2.75, 3.05) is 0 Å². The minimum atomic E-state index is 0.371. The van der Waals surface area contributed by atoms with Crippen LogP contribution in [0.1, 0.15) is 57.8 Å². The van der Waals surface area contributed by atoms with Crippen molar-refractivity contribution in [2.24, 2.45) is 5.92 Å². The smallest absolute Gasteiger partial charge is 0.136 e. The van der Waals surface area contributed by atoms with Gasteiger partial charge in [-0.2, -0.15) is 0 Å². The van der Waals surface area contributed by atoms with E-state index in [1.54, 1.807) is 0 Å². The predicted octanol–water partition coefficient (Wildman–Crippen LogP) is 3.88. The van der Waals surface area contributed by atoms with Crippen LogP contribution in [0.15, 0.2) is 12.7 Å². The summed E-state index contributed by atoms with van der Waals surface area (Å²) in [5.41, 5.74) is 0. The quantitative estimate of drug-likeness (QED) is 0.621. The van der Waals surface area contributed by atoms with Crippen LogP contribution < -0.4 is 0 Å². The Morgan fingerprint density at radius 2 is 1.71 bits per heavy atom. The summed E-state index contributed by atoms with van der Waals surface area (Å²) in [4.78, 5) is 11.8. The average molecular weight is 194 g/mol. The third-order valence-corrected chi connectivity index (χ3v) is 3.16. The summed E-state index contributed by atoms with van der Waals surface area (Å²) < 4.78 is 0. The maximum atomic E-state index is 11.8. The van der Waals surface area contributed by atoms with Gasteiger partial charge in [-0.1, -0.05) is 38.2 Å². The number of allylic oxidation sites excluding steroid dienone is 1. The van der Waals surface area contributed by atoms with Crippen LogP contribution >= 0.6 is 0 Å². The van der Waals surface area contributed by atoms with Gasteiger partial charge in [0.2, 0.25) is 0 Å². The zero-order chi connectivity index (χ0) is 10.2. The Balaban J connectivity index is 2.31. The van der Waals surface area contributed by atoms with Crippen LogP contribution in [-0.4, -0.2) is 5.78 Å². The number of hydrogen-bond acceptors (Lipinski definition) is 1. The summed E-state index contributed by atoms with van der Waals surface area (Å²) in [6, 6.07) is 0. The molecule has 1 aliphatic carbocycles. The van der Waals surface area contributed by atoms with Gasteiger partial charge in [0.15, 0.2) is 0 Å². The highest BCUT2D eigenvalue weighted by atomic mass is 16.1. The van der Waals surface area contributed by atoms with E-state index in [1.165, 1.54) is 32.1 Å². The molecule has 0 atom stereocenters. The minimum Gasteiger partial charge on any atom is -0.299 e. The first-order chi connectivity index (χ1) is 6.84. The maximum absolute atomic E-state index is 11.8. The van der Waals surface area contributed by atoms with Crippen LogP contribution in [-0.2, 0) is 4.79 Å². The van der Waals surface area contributed by atoms with Gasteiger partial charge in [0.05, 0.1) is 0 Å². The molecule has 1 nitrogen and oxygen atoms in total. The van der Waals surface area contributed by atoms with Gasteiger partial charge >= 0.3 is 0 Å². The van der Waals surface area contributed by atoms with Crippen molar-refractivity contribution in [3.05, 3.63) is 12.7 Å². The van der Waals surface area contributed by atoms with Gasteiger partial charge in [0, 0.05) is 12.3 Å². The van der Waals surface area contributed by atoms with Crippen LogP contribution in [0.4, 0.5) is 0 Å². The lowest BCUT2D eigenvalue weighted by atomic mass is 9.87. The zero-order valence-electron chi connectivity index (χ0n) is 9.13. The SMILES string of the molecule is C=CCCC(=O)C1CCCCCCC1. The third-order valence-electron chi connectivity index (χ3n) is 3.16. The molecule has 1 aliphatic rings. The summed E-state index contributed by atoms with van der Waals surface area (Å²) in [7, 11) is 0. The molecule has 14 heavy (non-hydrogen) atoms. The molecule has 0 unspecified atom stereocenters. The molecule has 1 heteroatoms. The number of ketones is 1. The molecule has 0 bridgehead atoms. The molecule has 1 rings (SSSR count). The van der Waals surface area contributed by atoms with Crippen molar-refractivity contribution in [1.82, 2.24) is 0 Å². The molecular formula is C13H22O. The van der Waals surface area contributed by atoms with E-state index >= 15 is 0 Å². The molecule has 0 radical (unpaired) electrons. The number of Topliss-reactive ketones (excluding diaryl/α,β-unsaturated/α-hetero) is 1. The third kappa shape index (κ3) is 4.08. The number of rotatable bonds is 4. The first-order valence-electron chi connectivity index (χ1n) is 5.98. The standard InChI is InChI=1S/C13H22O/c1-2-3-11-13(14)12-9-7-5-4-6-8-10-12/h2,12H,1,3-11H2. The van der Waals surface area contributed by atoms with E-state index < -0.39 is 0 Å². The first-order valence-corrected chi connectivity index (χ1v) is 5.98. The summed E-state index contributed by atoms with van der Waals surface area (Å²) in [6.45, 7) is 3.66. The molecule has 0 aromatic rings. The van der Waals surface area contributed by atoms with Gasteiger partial charge in [-0.25, -0.2) is 0 Å². The highest BCUT2D eigenvalue weighted by molar-refractivity contribution is 5.81. The van der Waals surface area contributed by atoms with Gasteiger partial charge in [-0.05, 0) is 19.3 Å².